The van der Waals surface area contributed by atoms with Gasteiger partial charge < -0.3 is 10.6 Å². The van der Waals surface area contributed by atoms with Gasteiger partial charge in [-0.1, -0.05) is 18.5 Å². The summed E-state index contributed by atoms with van der Waals surface area (Å²) in [5, 5.41) is 6.09. The zero-order chi connectivity index (χ0) is 13.1. The van der Waals surface area contributed by atoms with Crippen molar-refractivity contribution in [3.63, 3.8) is 0 Å². The molecule has 2 N–H and O–H groups in total. The summed E-state index contributed by atoms with van der Waals surface area (Å²) in [5.41, 5.74) is 1.93. The molecular formula is C10H9ClN4OS2. The predicted molar refractivity (Wildman–Crippen MR) is 77.1 cm³/mol. The molecule has 0 bridgehead atoms. The summed E-state index contributed by atoms with van der Waals surface area (Å²) in [7, 11) is 0. The smallest absolute Gasteiger partial charge is 0.225 e. The molecule has 0 atom stereocenters. The van der Waals surface area contributed by atoms with E-state index in [2.05, 4.69) is 19.4 Å². The van der Waals surface area contributed by atoms with Crippen LogP contribution in [0.15, 0.2) is 12.1 Å². The minimum absolute atomic E-state index is 0.160. The second-order valence-corrected chi connectivity index (χ2v) is 4.75. The number of fused-ring (bicyclic) bond motifs is 1. The number of carbonyl (C=O) groups is 1. The number of carbonyl (C=O) groups excluding carboxylic acids is 1. The lowest BCUT2D eigenvalue weighted by atomic mass is 10.2. The molecule has 18 heavy (non-hydrogen) atoms. The highest BCUT2D eigenvalue weighted by Crippen LogP contribution is 2.29. The average Bonchev–Trinajstić information content (AvgIpc) is 2.81. The van der Waals surface area contributed by atoms with E-state index in [1.807, 2.05) is 0 Å². The zero-order valence-corrected chi connectivity index (χ0v) is 11.7. The van der Waals surface area contributed by atoms with Gasteiger partial charge in [-0.3, -0.25) is 4.79 Å². The molecule has 0 saturated carbocycles. The molecule has 0 aliphatic rings. The summed E-state index contributed by atoms with van der Waals surface area (Å²) in [6.07, 6.45) is 0.359. The van der Waals surface area contributed by atoms with Crippen LogP contribution in [0.4, 0.5) is 5.69 Å². The van der Waals surface area contributed by atoms with Crippen LogP contribution in [0, 0.1) is 0 Å². The van der Waals surface area contributed by atoms with Gasteiger partial charge in [-0.15, -0.1) is 0 Å². The molecule has 0 aliphatic heterocycles. The van der Waals surface area contributed by atoms with Crippen LogP contribution < -0.4 is 10.6 Å². The summed E-state index contributed by atoms with van der Waals surface area (Å²) in [4.78, 5) is 11.2. The molecule has 94 valence electrons. The van der Waals surface area contributed by atoms with Crippen LogP contribution >= 0.6 is 35.5 Å². The fraction of sp³-hybridized carbons (Fsp3) is 0.200. The van der Waals surface area contributed by atoms with Gasteiger partial charge in [-0.2, -0.15) is 8.75 Å². The maximum Gasteiger partial charge on any atom is 0.225 e. The third-order valence-electron chi connectivity index (χ3n) is 2.19. The Bertz CT molecular complexity index is 613. The third kappa shape index (κ3) is 2.74. The average molecular weight is 301 g/mol. The number of rotatable bonds is 2. The standard InChI is InChI=1S/C10H9ClN4OS2/c1-2-7(16)12-10(17)13-8-5(11)3-4-6-9(8)15-18-14-6/h3-4H,2H2,1H3,(H2,12,13,16,17). The lowest BCUT2D eigenvalue weighted by Crippen LogP contribution is -2.33. The highest BCUT2D eigenvalue weighted by molar-refractivity contribution is 7.80. The third-order valence-corrected chi connectivity index (χ3v) is 3.25. The number of amides is 1. The quantitative estimate of drug-likeness (QED) is 0.834. The van der Waals surface area contributed by atoms with Crippen LogP contribution in [0.2, 0.25) is 5.02 Å². The molecule has 1 amide bonds. The molecule has 0 spiro atoms. The summed E-state index contributed by atoms with van der Waals surface area (Å²) in [6.45, 7) is 1.75. The van der Waals surface area contributed by atoms with Crippen molar-refractivity contribution in [3.05, 3.63) is 17.2 Å². The number of thiocarbonyl (C=S) groups is 1. The Morgan fingerprint density at radius 2 is 2.28 bits per heavy atom. The van der Waals surface area contributed by atoms with Crippen LogP contribution in [-0.4, -0.2) is 19.8 Å². The first kappa shape index (κ1) is 13.1. The molecule has 0 aliphatic carbocycles. The molecule has 0 fully saturated rings. The Labute approximate surface area is 118 Å². The van der Waals surface area contributed by atoms with Crippen molar-refractivity contribution in [2.75, 3.05) is 5.32 Å². The van der Waals surface area contributed by atoms with Gasteiger partial charge in [0.05, 0.1) is 22.4 Å². The van der Waals surface area contributed by atoms with Gasteiger partial charge in [0, 0.05) is 6.42 Å². The van der Waals surface area contributed by atoms with Gasteiger partial charge in [0.1, 0.15) is 11.0 Å². The van der Waals surface area contributed by atoms with Gasteiger partial charge in [-0.25, -0.2) is 0 Å². The Morgan fingerprint density at radius 1 is 1.50 bits per heavy atom. The van der Waals surface area contributed by atoms with Gasteiger partial charge in [-0.05, 0) is 24.4 Å². The van der Waals surface area contributed by atoms with Crippen molar-refractivity contribution in [3.8, 4) is 0 Å². The number of benzene rings is 1. The molecule has 5 nitrogen and oxygen atoms in total. The summed E-state index contributed by atoms with van der Waals surface area (Å²) in [5.74, 6) is -0.160. The van der Waals surface area contributed by atoms with Crippen molar-refractivity contribution in [2.24, 2.45) is 0 Å². The maximum absolute atomic E-state index is 11.2. The second kappa shape index (κ2) is 5.55. The van der Waals surface area contributed by atoms with E-state index in [0.717, 1.165) is 17.2 Å². The first-order chi connectivity index (χ1) is 8.61. The normalized spacial score (nSPS) is 10.3. The Hall–Kier alpha value is -1.31. The van der Waals surface area contributed by atoms with Crippen LogP contribution in [-0.2, 0) is 4.79 Å². The number of anilines is 1. The van der Waals surface area contributed by atoms with E-state index in [9.17, 15) is 4.79 Å². The van der Waals surface area contributed by atoms with Gasteiger partial charge in [0.2, 0.25) is 5.91 Å². The van der Waals surface area contributed by atoms with E-state index in [-0.39, 0.29) is 11.0 Å². The van der Waals surface area contributed by atoms with Crippen LogP contribution in [0.1, 0.15) is 13.3 Å². The first-order valence-corrected chi connectivity index (χ1v) is 6.65. The van der Waals surface area contributed by atoms with Gasteiger partial charge in [0.15, 0.2) is 5.11 Å². The molecule has 1 heterocycles. The van der Waals surface area contributed by atoms with Crippen LogP contribution in [0.25, 0.3) is 11.0 Å². The molecule has 0 saturated heterocycles. The molecule has 8 heteroatoms. The van der Waals surface area contributed by atoms with E-state index in [0.29, 0.717) is 22.6 Å². The fourth-order valence-corrected chi connectivity index (χ4v) is 2.26. The highest BCUT2D eigenvalue weighted by atomic mass is 35.5. The lowest BCUT2D eigenvalue weighted by molar-refractivity contribution is -0.119. The highest BCUT2D eigenvalue weighted by Gasteiger charge is 2.11. The van der Waals surface area contributed by atoms with Gasteiger partial charge >= 0.3 is 0 Å². The SMILES string of the molecule is CCC(=O)NC(=S)Nc1c(Cl)ccc2nsnc12. The van der Waals surface area contributed by atoms with Crippen molar-refractivity contribution in [1.29, 1.82) is 0 Å². The Morgan fingerprint density at radius 3 is 3.00 bits per heavy atom. The minimum Gasteiger partial charge on any atom is -0.329 e. The molecule has 0 radical (unpaired) electrons. The lowest BCUT2D eigenvalue weighted by Gasteiger charge is -2.10. The van der Waals surface area contributed by atoms with E-state index in [1.54, 1.807) is 19.1 Å². The summed E-state index contributed by atoms with van der Waals surface area (Å²) in [6, 6.07) is 3.48. The number of aromatic nitrogens is 2. The number of nitrogens with one attached hydrogen (secondary N) is 2. The number of nitrogens with zero attached hydrogens (tertiary/aromatic N) is 2. The summed E-state index contributed by atoms with van der Waals surface area (Å²) >= 11 is 12.2. The van der Waals surface area contributed by atoms with E-state index < -0.39 is 0 Å². The summed E-state index contributed by atoms with van der Waals surface area (Å²) < 4.78 is 8.25. The molecule has 1 aromatic heterocycles. The number of halogens is 1. The topological polar surface area (TPSA) is 66.9 Å². The zero-order valence-electron chi connectivity index (χ0n) is 9.36. The number of hydrogen-bond donors (Lipinski definition) is 2. The van der Waals surface area contributed by atoms with Crippen molar-refractivity contribution in [2.45, 2.75) is 13.3 Å². The molecule has 2 rings (SSSR count). The molecular weight excluding hydrogens is 292 g/mol. The van der Waals surface area contributed by atoms with Crippen molar-refractivity contribution >= 4 is 63.3 Å². The monoisotopic (exact) mass is 300 g/mol. The van der Waals surface area contributed by atoms with Gasteiger partial charge in [0.25, 0.3) is 0 Å². The predicted octanol–water partition coefficient (Wildman–Crippen LogP) is 2.57. The van der Waals surface area contributed by atoms with E-state index in [1.165, 1.54) is 0 Å². The second-order valence-electron chi connectivity index (χ2n) is 3.41. The molecule has 2 aromatic rings. The van der Waals surface area contributed by atoms with Crippen LogP contribution in [0.5, 0.6) is 0 Å². The van der Waals surface area contributed by atoms with Crippen LogP contribution in [0.3, 0.4) is 0 Å². The maximum atomic E-state index is 11.2. The van der Waals surface area contributed by atoms with Crippen molar-refractivity contribution < 1.29 is 4.79 Å². The molecule has 1 aromatic carbocycles. The fourth-order valence-electron chi connectivity index (χ4n) is 1.31. The largest absolute Gasteiger partial charge is 0.329 e. The Kier molecular flexibility index (Phi) is 4.05. The minimum atomic E-state index is -0.160. The van der Waals surface area contributed by atoms with Crippen molar-refractivity contribution in [1.82, 2.24) is 14.1 Å². The van der Waals surface area contributed by atoms with E-state index >= 15 is 0 Å². The van der Waals surface area contributed by atoms with E-state index in [4.69, 9.17) is 23.8 Å². The number of hydrogen-bond acceptors (Lipinski definition) is 5. The first-order valence-electron chi connectivity index (χ1n) is 5.13. The Balaban J connectivity index is 2.25. The molecule has 0 unspecified atom stereocenters.